The molecule has 71 heavy (non-hydrogen) atoms. The predicted molar refractivity (Wildman–Crippen MR) is 260 cm³/mol. The minimum absolute atomic E-state index is 0.0235. The van der Waals surface area contributed by atoms with E-state index in [9.17, 15) is 9.59 Å². The Hall–Kier alpha value is -2.64. The third-order valence-corrected chi connectivity index (χ3v) is 28.4. The first-order chi connectivity index (χ1) is 33.5. The van der Waals surface area contributed by atoms with E-state index in [0.717, 1.165) is 133 Å². The van der Waals surface area contributed by atoms with Crippen LogP contribution in [0.3, 0.4) is 0 Å². The second kappa shape index (κ2) is 11.7. The maximum atomic E-state index is 16.6. The van der Waals surface area contributed by atoms with Crippen molar-refractivity contribution in [2.75, 3.05) is 0 Å². The lowest BCUT2D eigenvalue weighted by Crippen LogP contribution is -2.90. The summed E-state index contributed by atoms with van der Waals surface area (Å²) in [5.74, 6) is 11.3. The van der Waals surface area contributed by atoms with Crippen LogP contribution in [-0.4, -0.2) is 46.3 Å². The van der Waals surface area contributed by atoms with Gasteiger partial charge < -0.3 is 18.9 Å². The lowest BCUT2D eigenvalue weighted by Gasteiger charge is -2.94. The third kappa shape index (κ3) is 4.34. The molecule has 26 bridgehead atoms. The number of carbonyl (C=O) groups excluding carboxylic acids is 4. The minimum atomic E-state index is -2.09. The number of ether oxygens (including phenoxy) is 4. The first-order valence-corrected chi connectivity index (χ1v) is 29.7. The molecule has 16 unspecified atom stereocenters. The average molecular weight is 965 g/mol. The van der Waals surface area contributed by atoms with Crippen molar-refractivity contribution in [3.8, 4) is 0 Å². The van der Waals surface area contributed by atoms with Crippen molar-refractivity contribution in [2.24, 2.45) is 144 Å². The molecule has 6 spiro atoms. The number of esters is 4. The molecule has 0 N–H and O–H groups in total. The number of rotatable bonds is 10. The van der Waals surface area contributed by atoms with Crippen LogP contribution in [0.25, 0.3) is 0 Å². The Morgan fingerprint density at radius 1 is 0.423 bits per heavy atom. The van der Waals surface area contributed by atoms with Gasteiger partial charge in [-0.1, -0.05) is 13.2 Å². The van der Waals surface area contributed by atoms with Gasteiger partial charge in [-0.05, 0) is 296 Å². The molecule has 380 valence electrons. The normalized spacial score (nSPS) is 59.9. The van der Waals surface area contributed by atoms with Crippen molar-refractivity contribution >= 4 is 23.9 Å². The van der Waals surface area contributed by atoms with Crippen LogP contribution in [0, 0.1) is 144 Å². The molecule has 26 saturated carbocycles. The van der Waals surface area contributed by atoms with E-state index in [-0.39, 0.29) is 45.6 Å². The van der Waals surface area contributed by atoms with Gasteiger partial charge in [0.05, 0.1) is 0 Å². The topological polar surface area (TPSA) is 105 Å². The second-order valence-corrected chi connectivity index (χ2v) is 33.3. The molecule has 0 aromatic carbocycles. The lowest BCUT2D eigenvalue weighted by atomic mass is 9.10. The monoisotopic (exact) mass is 965 g/mol. The van der Waals surface area contributed by atoms with Crippen LogP contribution in [0.15, 0.2) is 24.3 Å². The van der Waals surface area contributed by atoms with Gasteiger partial charge in [-0.2, -0.15) is 0 Å². The van der Waals surface area contributed by atoms with E-state index in [1.807, 2.05) is 41.5 Å². The summed E-state index contributed by atoms with van der Waals surface area (Å²) >= 11 is 0. The highest BCUT2D eigenvalue weighted by molar-refractivity contribution is 6.04. The lowest BCUT2D eigenvalue weighted by molar-refractivity contribution is -0.472. The molecule has 0 aromatic rings. The van der Waals surface area contributed by atoms with Crippen molar-refractivity contribution < 1.29 is 38.1 Å². The molecule has 0 amide bonds. The van der Waals surface area contributed by atoms with Crippen LogP contribution in [0.5, 0.6) is 0 Å². The zero-order valence-electron chi connectivity index (χ0n) is 43.7. The van der Waals surface area contributed by atoms with E-state index in [1.165, 1.54) is 77.0 Å². The molecule has 26 rings (SSSR count). The van der Waals surface area contributed by atoms with Crippen molar-refractivity contribution in [1.82, 2.24) is 0 Å². The van der Waals surface area contributed by atoms with E-state index in [2.05, 4.69) is 13.2 Å². The molecule has 26 aliphatic rings. The summed E-state index contributed by atoms with van der Waals surface area (Å²) in [6, 6.07) is 0. The van der Waals surface area contributed by atoms with Gasteiger partial charge in [0.25, 0.3) is 0 Å². The van der Waals surface area contributed by atoms with Crippen LogP contribution >= 0.6 is 0 Å². The van der Waals surface area contributed by atoms with Crippen LogP contribution < -0.4 is 0 Å². The smallest absolute Gasteiger partial charge is 0.333 e. The fraction of sp³-hybridized carbons (Fsp3) is 0.873. The summed E-state index contributed by atoms with van der Waals surface area (Å²) in [4.78, 5) is 61.8. The van der Waals surface area contributed by atoms with Gasteiger partial charge in [0, 0.05) is 24.0 Å². The Kier molecular flexibility index (Phi) is 7.00. The first kappa shape index (κ1) is 42.6. The molecule has 26 aliphatic carbocycles. The summed E-state index contributed by atoms with van der Waals surface area (Å²) < 4.78 is 27.1. The fourth-order valence-corrected chi connectivity index (χ4v) is 31.3. The summed E-state index contributed by atoms with van der Waals surface area (Å²) in [6.45, 7) is 19.6. The highest BCUT2D eigenvalue weighted by atomic mass is 16.6. The Morgan fingerprint density at radius 2 is 0.704 bits per heavy atom. The van der Waals surface area contributed by atoms with Gasteiger partial charge in [0.1, 0.15) is 22.4 Å². The van der Waals surface area contributed by atoms with Gasteiger partial charge in [0.15, 0.2) is 5.41 Å². The van der Waals surface area contributed by atoms with E-state index in [4.69, 9.17) is 18.9 Å². The van der Waals surface area contributed by atoms with Gasteiger partial charge in [-0.15, -0.1) is 0 Å². The van der Waals surface area contributed by atoms with Crippen LogP contribution in [0.1, 0.15) is 170 Å². The average Bonchev–Trinajstić information content (AvgIpc) is 3.21. The van der Waals surface area contributed by atoms with E-state index >= 15 is 9.59 Å². The number of hydrogen-bond donors (Lipinski definition) is 0. The minimum Gasteiger partial charge on any atom is -0.458 e. The van der Waals surface area contributed by atoms with E-state index in [1.54, 1.807) is 0 Å². The van der Waals surface area contributed by atoms with Crippen molar-refractivity contribution in [1.29, 1.82) is 0 Å². The van der Waals surface area contributed by atoms with Crippen LogP contribution in [-0.2, 0) is 38.1 Å². The molecule has 8 heteroatoms. The highest BCUT2D eigenvalue weighted by Crippen LogP contribution is 2.98. The summed E-state index contributed by atoms with van der Waals surface area (Å²) in [5, 5.41) is 0. The molecule has 0 heterocycles. The van der Waals surface area contributed by atoms with Crippen LogP contribution in [0.4, 0.5) is 0 Å². The number of hydrogen-bond acceptors (Lipinski definition) is 8. The Labute approximate surface area is 421 Å². The van der Waals surface area contributed by atoms with Crippen molar-refractivity contribution in [3.63, 3.8) is 0 Å². The van der Waals surface area contributed by atoms with Gasteiger partial charge in [-0.3, -0.25) is 9.59 Å². The fourth-order valence-electron chi connectivity index (χ4n) is 31.3. The molecule has 0 radical (unpaired) electrons. The summed E-state index contributed by atoms with van der Waals surface area (Å²) in [6.07, 6.45) is 21.3. The van der Waals surface area contributed by atoms with Crippen molar-refractivity contribution in [2.45, 2.75) is 192 Å². The predicted octanol–water partition coefficient (Wildman–Crippen LogP) is 11.4. The number of carbonyl (C=O) groups is 4. The Morgan fingerprint density at radius 3 is 1.00 bits per heavy atom. The zero-order chi connectivity index (χ0) is 48.3. The molecule has 0 aliphatic heterocycles. The van der Waals surface area contributed by atoms with Gasteiger partial charge in [0.2, 0.25) is 0 Å². The van der Waals surface area contributed by atoms with Gasteiger partial charge >= 0.3 is 23.9 Å². The molecule has 26 fully saturated rings. The molecular formula is C63H80O8. The van der Waals surface area contributed by atoms with Crippen molar-refractivity contribution in [3.05, 3.63) is 24.3 Å². The van der Waals surface area contributed by atoms with Gasteiger partial charge in [-0.25, -0.2) is 9.59 Å². The molecule has 16 atom stereocenters. The standard InChI is InChI=1S/C63H80O8/c1-29(47(64)68-53(3,4)5)13-59(14-30(2)48(65)69-54(6,7)8,51(66)70-55-23-39-43-35-9-31-15-57-16-32-10-36(41(35)57)44(39)61(20-32,26-55)49(57)60(43,19-31)25-55)52(67)71-56-24-40-45-37-11-33-17-58-18-34-12-38(42(37)58)46(40)63(22-34,28-56)50(58)62(45,21-33)27-56/h31-46,49-50H,1-2,9-28H2,3-8H3. The molecule has 8 nitrogen and oxygen atoms in total. The second-order valence-electron chi connectivity index (χ2n) is 33.3. The maximum Gasteiger partial charge on any atom is 0.333 e. The molecular weight excluding hydrogens is 885 g/mol. The SMILES string of the molecule is C=C(CC(CC(=C)C(=O)OC(C)(C)C)(C(=O)OC12CC3C4C5CC6CC78CC9CC(C57)C3C(C9)(C1)C8C4(C6)C2)C(=O)OC12CC3C4C5CC6CC78CC9CC(C57)C3C(C9)(C1)C8C4(C6)C2)C(=O)OC(C)(C)C. The molecule has 0 aromatic heterocycles. The van der Waals surface area contributed by atoms with E-state index in [0.29, 0.717) is 22.7 Å². The first-order valence-electron chi connectivity index (χ1n) is 29.7. The van der Waals surface area contributed by atoms with E-state index < -0.39 is 51.7 Å². The maximum absolute atomic E-state index is 16.6. The third-order valence-electron chi connectivity index (χ3n) is 28.4. The Bertz CT molecular complexity index is 2400. The van der Waals surface area contributed by atoms with Crippen LogP contribution in [0.2, 0.25) is 0 Å². The quantitative estimate of drug-likeness (QED) is 0.0923. The summed E-state index contributed by atoms with van der Waals surface area (Å²) in [5.41, 5.74) is -3.34. The highest BCUT2D eigenvalue weighted by Gasteiger charge is 2.94. The summed E-state index contributed by atoms with van der Waals surface area (Å²) in [7, 11) is 0. The zero-order valence-corrected chi connectivity index (χ0v) is 43.7. The molecule has 0 saturated heterocycles. The Balaban J connectivity index is 0.760. The largest absolute Gasteiger partial charge is 0.458 e.